The number of nitrogens with zero attached hydrogens (tertiary/aromatic N) is 1. The van der Waals surface area contributed by atoms with Gasteiger partial charge in [-0.05, 0) is 18.2 Å². The number of rotatable bonds is 1. The Morgan fingerprint density at radius 2 is 2.09 bits per heavy atom. The first-order valence-electron chi connectivity index (χ1n) is 2.94. The predicted molar refractivity (Wildman–Crippen MR) is 54.0 cm³/mol. The van der Waals surface area contributed by atoms with Crippen LogP contribution >= 0.6 is 28.3 Å². The van der Waals surface area contributed by atoms with E-state index >= 15 is 0 Å². The van der Waals surface area contributed by atoms with Crippen molar-refractivity contribution in [2.45, 2.75) is 0 Å². The van der Waals surface area contributed by atoms with Gasteiger partial charge in [0.05, 0.1) is 5.69 Å². The lowest BCUT2D eigenvalue weighted by molar-refractivity contribution is 1.02. The van der Waals surface area contributed by atoms with E-state index in [1.54, 1.807) is 5.01 Å². The number of nitrogens with two attached hydrogens (primary N) is 1. The van der Waals surface area contributed by atoms with Crippen molar-refractivity contribution in [2.24, 2.45) is 5.84 Å². The lowest BCUT2D eigenvalue weighted by Gasteiger charge is -2.11. The Morgan fingerprint density at radius 1 is 1.45 bits per heavy atom. The predicted octanol–water partition coefficient (Wildman–Crippen LogP) is 2.18. The molecule has 2 N–H and O–H groups in total. The summed E-state index contributed by atoms with van der Waals surface area (Å²) in [6.45, 7) is 0. The molecule has 0 aromatic heterocycles. The highest BCUT2D eigenvalue weighted by molar-refractivity contribution is 9.10. The standard InChI is InChI=1S/C7H9BrN2.ClH/c1-10(9)7-4-2-3-6(8)5-7;/h2-5H,9H2,1H3;1H. The highest BCUT2D eigenvalue weighted by Crippen LogP contribution is 2.16. The molecule has 0 spiro atoms. The van der Waals surface area contributed by atoms with Crippen molar-refractivity contribution in [2.75, 3.05) is 12.1 Å². The summed E-state index contributed by atoms with van der Waals surface area (Å²) in [4.78, 5) is 0. The molecule has 0 fully saturated rings. The van der Waals surface area contributed by atoms with Crippen LogP contribution in [0.15, 0.2) is 28.7 Å². The molecule has 11 heavy (non-hydrogen) atoms. The van der Waals surface area contributed by atoms with E-state index in [1.807, 2.05) is 31.3 Å². The normalized spacial score (nSPS) is 8.64. The van der Waals surface area contributed by atoms with Crippen LogP contribution in [0.2, 0.25) is 0 Å². The van der Waals surface area contributed by atoms with E-state index in [4.69, 9.17) is 5.84 Å². The van der Waals surface area contributed by atoms with Gasteiger partial charge in [0.2, 0.25) is 0 Å². The number of hydrazine groups is 1. The van der Waals surface area contributed by atoms with E-state index in [1.165, 1.54) is 0 Å². The zero-order valence-electron chi connectivity index (χ0n) is 6.12. The summed E-state index contributed by atoms with van der Waals surface area (Å²) < 4.78 is 1.04. The summed E-state index contributed by atoms with van der Waals surface area (Å²) in [5, 5.41) is 1.57. The maximum absolute atomic E-state index is 5.50. The van der Waals surface area contributed by atoms with Crippen molar-refractivity contribution in [3.8, 4) is 0 Å². The number of hydrogen-bond acceptors (Lipinski definition) is 2. The molecule has 0 heterocycles. The SMILES string of the molecule is CN(N)c1cccc(Br)c1.Cl. The Bertz CT molecular complexity index is 227. The highest BCUT2D eigenvalue weighted by Gasteiger charge is 1.93. The summed E-state index contributed by atoms with van der Waals surface area (Å²) >= 11 is 3.35. The molecule has 2 nitrogen and oxygen atoms in total. The molecule has 0 bridgehead atoms. The molecule has 1 aromatic carbocycles. The van der Waals surface area contributed by atoms with Gasteiger partial charge < -0.3 is 5.01 Å². The Hall–Kier alpha value is -0.250. The summed E-state index contributed by atoms with van der Waals surface area (Å²) in [7, 11) is 1.81. The van der Waals surface area contributed by atoms with Gasteiger partial charge in [-0.3, -0.25) is 0 Å². The monoisotopic (exact) mass is 236 g/mol. The second-order valence-corrected chi connectivity index (χ2v) is 3.01. The molecule has 0 unspecified atom stereocenters. The Morgan fingerprint density at radius 3 is 2.45 bits per heavy atom. The minimum Gasteiger partial charge on any atom is -0.314 e. The lowest BCUT2D eigenvalue weighted by Crippen LogP contribution is -2.24. The third kappa shape index (κ3) is 3.10. The largest absolute Gasteiger partial charge is 0.314 e. The molecule has 4 heteroatoms. The van der Waals surface area contributed by atoms with Crippen LogP contribution < -0.4 is 10.9 Å². The summed E-state index contributed by atoms with van der Waals surface area (Å²) in [5.41, 5.74) is 0.995. The molecule has 0 saturated heterocycles. The van der Waals surface area contributed by atoms with Gasteiger partial charge >= 0.3 is 0 Å². The number of benzene rings is 1. The van der Waals surface area contributed by atoms with Crippen LogP contribution in [0.5, 0.6) is 0 Å². The molecule has 0 aliphatic rings. The van der Waals surface area contributed by atoms with Crippen molar-refractivity contribution in [3.05, 3.63) is 28.7 Å². The van der Waals surface area contributed by atoms with Gasteiger partial charge in [-0.2, -0.15) is 0 Å². The van der Waals surface area contributed by atoms with Crippen LogP contribution in [0.1, 0.15) is 0 Å². The van der Waals surface area contributed by atoms with E-state index in [2.05, 4.69) is 15.9 Å². The van der Waals surface area contributed by atoms with Crippen molar-refractivity contribution in [3.63, 3.8) is 0 Å². The summed E-state index contributed by atoms with van der Waals surface area (Å²) in [6, 6.07) is 7.82. The van der Waals surface area contributed by atoms with E-state index in [0.717, 1.165) is 10.2 Å². The summed E-state index contributed by atoms with van der Waals surface area (Å²) in [5.74, 6) is 5.50. The Kier molecular flexibility index (Phi) is 4.49. The van der Waals surface area contributed by atoms with Crippen molar-refractivity contribution in [1.29, 1.82) is 0 Å². The number of hydrogen-bond donors (Lipinski definition) is 1. The molecule has 0 aliphatic heterocycles. The van der Waals surface area contributed by atoms with E-state index in [-0.39, 0.29) is 12.4 Å². The van der Waals surface area contributed by atoms with Crippen LogP contribution in [0.4, 0.5) is 5.69 Å². The van der Waals surface area contributed by atoms with Gasteiger partial charge in [-0.1, -0.05) is 22.0 Å². The topological polar surface area (TPSA) is 29.3 Å². The van der Waals surface area contributed by atoms with Gasteiger partial charge in [-0.25, -0.2) is 5.84 Å². The maximum atomic E-state index is 5.50. The van der Waals surface area contributed by atoms with Gasteiger partial charge in [0, 0.05) is 11.5 Å². The minimum atomic E-state index is 0. The molecule has 0 atom stereocenters. The van der Waals surface area contributed by atoms with Gasteiger partial charge in [0.15, 0.2) is 0 Å². The van der Waals surface area contributed by atoms with Crippen LogP contribution in [-0.2, 0) is 0 Å². The molecule has 0 amide bonds. The van der Waals surface area contributed by atoms with E-state index < -0.39 is 0 Å². The van der Waals surface area contributed by atoms with Crippen LogP contribution in [-0.4, -0.2) is 7.05 Å². The fourth-order valence-electron chi connectivity index (χ4n) is 0.696. The fourth-order valence-corrected chi connectivity index (χ4v) is 1.08. The zero-order valence-corrected chi connectivity index (χ0v) is 8.52. The second kappa shape index (κ2) is 4.59. The van der Waals surface area contributed by atoms with Crippen LogP contribution in [0.3, 0.4) is 0 Å². The Labute approximate surface area is 80.9 Å². The highest BCUT2D eigenvalue weighted by atomic mass is 79.9. The molecular formula is C7H10BrClN2. The quantitative estimate of drug-likeness (QED) is 0.599. The van der Waals surface area contributed by atoms with Crippen LogP contribution in [0, 0.1) is 0 Å². The Balaban J connectivity index is 0.000001000. The molecule has 1 rings (SSSR count). The van der Waals surface area contributed by atoms with Crippen LogP contribution in [0.25, 0.3) is 0 Å². The van der Waals surface area contributed by atoms with Crippen molar-refractivity contribution in [1.82, 2.24) is 0 Å². The first-order valence-corrected chi connectivity index (χ1v) is 3.73. The maximum Gasteiger partial charge on any atom is 0.0525 e. The lowest BCUT2D eigenvalue weighted by atomic mass is 10.3. The second-order valence-electron chi connectivity index (χ2n) is 2.09. The average molecular weight is 238 g/mol. The third-order valence-electron chi connectivity index (χ3n) is 1.22. The molecule has 1 aromatic rings. The molecular weight excluding hydrogens is 227 g/mol. The first kappa shape index (κ1) is 10.8. The average Bonchev–Trinajstić information content (AvgIpc) is 1.88. The summed E-state index contributed by atoms with van der Waals surface area (Å²) in [6.07, 6.45) is 0. The van der Waals surface area contributed by atoms with Crippen molar-refractivity contribution >= 4 is 34.0 Å². The van der Waals surface area contributed by atoms with Gasteiger partial charge in [0.25, 0.3) is 0 Å². The molecule has 0 aliphatic carbocycles. The van der Waals surface area contributed by atoms with Crippen molar-refractivity contribution < 1.29 is 0 Å². The molecule has 0 saturated carbocycles. The molecule has 0 radical (unpaired) electrons. The van der Waals surface area contributed by atoms with E-state index in [9.17, 15) is 0 Å². The molecule has 62 valence electrons. The third-order valence-corrected chi connectivity index (χ3v) is 1.71. The zero-order chi connectivity index (χ0) is 7.56. The minimum absolute atomic E-state index is 0. The van der Waals surface area contributed by atoms with Gasteiger partial charge in [0.1, 0.15) is 0 Å². The smallest absolute Gasteiger partial charge is 0.0525 e. The fraction of sp³-hybridized carbons (Fsp3) is 0.143. The van der Waals surface area contributed by atoms with Gasteiger partial charge in [-0.15, -0.1) is 12.4 Å². The number of anilines is 1. The first-order chi connectivity index (χ1) is 4.70. The van der Waals surface area contributed by atoms with E-state index in [0.29, 0.717) is 0 Å². The number of halogens is 2.